The minimum absolute atomic E-state index is 0.0474. The minimum atomic E-state index is -3.72. The van der Waals surface area contributed by atoms with Gasteiger partial charge in [0.1, 0.15) is 5.75 Å². The van der Waals surface area contributed by atoms with Crippen molar-refractivity contribution >= 4 is 15.9 Å². The zero-order valence-electron chi connectivity index (χ0n) is 25.6. The number of nitrogens with one attached hydrogen (secondary N) is 1. The lowest BCUT2D eigenvalue weighted by Gasteiger charge is -2.62. The van der Waals surface area contributed by atoms with Gasteiger partial charge in [-0.15, -0.1) is 0 Å². The number of nitrogens with two attached hydrogens (primary N) is 1. The lowest BCUT2D eigenvalue weighted by Crippen LogP contribution is -2.58. The van der Waals surface area contributed by atoms with Crippen LogP contribution in [0, 0.1) is 46.3 Å². The second-order valence-corrected chi connectivity index (χ2v) is 16.1. The number of fused-ring (bicyclic) bond motifs is 5. The number of hydrogen-bond donors (Lipinski definition) is 4. The average molecular weight is 605 g/mol. The van der Waals surface area contributed by atoms with E-state index >= 15 is 0 Å². The molecule has 0 heterocycles. The molecule has 1 unspecified atom stereocenters. The highest BCUT2D eigenvalue weighted by Gasteiger charge is 2.62. The van der Waals surface area contributed by atoms with Gasteiger partial charge in [-0.25, -0.2) is 13.6 Å². The van der Waals surface area contributed by atoms with E-state index in [2.05, 4.69) is 26.1 Å². The smallest absolute Gasteiger partial charge is 0.238 e. The van der Waals surface area contributed by atoms with E-state index in [1.165, 1.54) is 37.8 Å². The number of benzene rings is 1. The maximum atomic E-state index is 12.6. The highest BCUT2D eigenvalue weighted by atomic mass is 32.2. The summed E-state index contributed by atoms with van der Waals surface area (Å²) in [4.78, 5) is 12.7. The Balaban J connectivity index is 1.07. The molecule has 0 bridgehead atoms. The third-order valence-electron chi connectivity index (χ3n) is 12.3. The number of sulfonamides is 1. The molecule has 9 heteroatoms. The Bertz CT molecular complexity index is 1210. The van der Waals surface area contributed by atoms with Gasteiger partial charge in [-0.2, -0.15) is 0 Å². The summed E-state index contributed by atoms with van der Waals surface area (Å²) in [6.07, 6.45) is 10.0. The molecule has 0 spiro atoms. The number of aliphatic hydroxyl groups excluding tert-OH is 2. The second-order valence-electron chi connectivity index (χ2n) is 14.5. The molecule has 4 fully saturated rings. The molecule has 0 aromatic heterocycles. The zero-order valence-corrected chi connectivity index (χ0v) is 26.5. The lowest BCUT2D eigenvalue weighted by atomic mass is 9.43. The molecule has 236 valence electrons. The number of carbonyl (C=O) groups excluding carboxylic acids is 1. The van der Waals surface area contributed by atoms with Crippen molar-refractivity contribution in [2.75, 3.05) is 13.2 Å². The first-order valence-electron chi connectivity index (χ1n) is 16.2. The number of carbonyl (C=O) groups is 1. The topological polar surface area (TPSA) is 139 Å². The van der Waals surface area contributed by atoms with E-state index in [0.29, 0.717) is 67.3 Å². The van der Waals surface area contributed by atoms with Gasteiger partial charge in [-0.05, 0) is 135 Å². The van der Waals surface area contributed by atoms with Gasteiger partial charge in [-0.3, -0.25) is 4.79 Å². The van der Waals surface area contributed by atoms with Crippen LogP contribution >= 0.6 is 0 Å². The third kappa shape index (κ3) is 6.26. The van der Waals surface area contributed by atoms with Crippen LogP contribution in [0.4, 0.5) is 0 Å². The Morgan fingerprint density at radius 3 is 2.45 bits per heavy atom. The van der Waals surface area contributed by atoms with Crippen molar-refractivity contribution < 1.29 is 28.2 Å². The van der Waals surface area contributed by atoms with Crippen LogP contribution in [0.15, 0.2) is 29.2 Å². The fourth-order valence-corrected chi connectivity index (χ4v) is 10.6. The number of aliphatic hydroxyl groups is 2. The molecule has 42 heavy (non-hydrogen) atoms. The summed E-state index contributed by atoms with van der Waals surface area (Å²) in [5, 5.41) is 29.9. The Morgan fingerprint density at radius 1 is 1.05 bits per heavy atom. The summed E-state index contributed by atoms with van der Waals surface area (Å²) in [5.41, 5.74) is 0.467. The zero-order chi connectivity index (χ0) is 30.3. The Labute approximate surface area is 252 Å². The van der Waals surface area contributed by atoms with Crippen LogP contribution in [0.5, 0.6) is 5.75 Å². The van der Waals surface area contributed by atoms with Crippen molar-refractivity contribution in [1.82, 2.24) is 5.32 Å². The standard InChI is InChI=1S/C33H52N2O6S/c1-21(5-12-30(38)35-17-4-18-41-24-6-8-25(9-7-24)42(34,39)40)26-10-11-27-31-28(14-16-33(26,27)3)32(2)15-13-23(36)19-22(32)20-29(31)37/h6-9,21-23,26-29,31,36-37H,4-5,10-20H2,1-3H3,(H,35,38)(H2,34,39,40)/t21-,22+,23-,26-,27+,28+,29+,31?,32+,33-/m1/s1. The maximum Gasteiger partial charge on any atom is 0.238 e. The molecule has 4 aliphatic carbocycles. The van der Waals surface area contributed by atoms with Crippen LogP contribution in [0.3, 0.4) is 0 Å². The van der Waals surface area contributed by atoms with Gasteiger partial charge in [0, 0.05) is 13.0 Å². The van der Waals surface area contributed by atoms with Gasteiger partial charge in [0.05, 0.1) is 23.7 Å². The van der Waals surface area contributed by atoms with Crippen molar-refractivity contribution in [2.24, 2.45) is 51.5 Å². The second kappa shape index (κ2) is 12.4. The summed E-state index contributed by atoms with van der Waals surface area (Å²) in [6.45, 7) is 8.22. The van der Waals surface area contributed by atoms with Crippen LogP contribution < -0.4 is 15.2 Å². The molecule has 0 radical (unpaired) electrons. The first-order chi connectivity index (χ1) is 19.8. The van der Waals surface area contributed by atoms with Gasteiger partial charge in [0.25, 0.3) is 0 Å². The van der Waals surface area contributed by atoms with Crippen molar-refractivity contribution in [3.63, 3.8) is 0 Å². The molecule has 4 aliphatic rings. The van der Waals surface area contributed by atoms with Gasteiger partial charge < -0.3 is 20.3 Å². The summed E-state index contributed by atoms with van der Waals surface area (Å²) in [6, 6.07) is 5.99. The Morgan fingerprint density at radius 2 is 1.74 bits per heavy atom. The molecule has 0 aliphatic heterocycles. The first kappa shape index (κ1) is 31.7. The van der Waals surface area contributed by atoms with Crippen molar-refractivity contribution in [3.8, 4) is 5.75 Å². The molecule has 1 amide bonds. The van der Waals surface area contributed by atoms with Crippen LogP contribution in [0.1, 0.15) is 91.4 Å². The van der Waals surface area contributed by atoms with E-state index in [4.69, 9.17) is 9.88 Å². The fraction of sp³-hybridized carbons (Fsp3) is 0.788. The predicted molar refractivity (Wildman–Crippen MR) is 162 cm³/mol. The van der Waals surface area contributed by atoms with Gasteiger partial charge in [0.15, 0.2) is 0 Å². The molecular formula is C33H52N2O6S. The maximum absolute atomic E-state index is 12.6. The van der Waals surface area contributed by atoms with E-state index in [0.717, 1.165) is 32.1 Å². The molecular weight excluding hydrogens is 552 g/mol. The van der Waals surface area contributed by atoms with Gasteiger partial charge in [-0.1, -0.05) is 20.8 Å². The first-order valence-corrected chi connectivity index (χ1v) is 17.8. The number of hydrogen-bond acceptors (Lipinski definition) is 6. The molecule has 0 saturated heterocycles. The van der Waals surface area contributed by atoms with Crippen LogP contribution in [0.25, 0.3) is 0 Å². The highest BCUT2D eigenvalue weighted by molar-refractivity contribution is 7.89. The molecule has 4 saturated carbocycles. The SMILES string of the molecule is C[C@H](CCC(=O)NCCCOc1ccc(S(N)(=O)=O)cc1)[C@H]1CC[C@H]2C3[C@@H](O)C[C@@H]4C[C@H](O)CC[C@]4(C)[C@H]3CC[C@]12C. The molecule has 1 aromatic carbocycles. The van der Waals surface area contributed by atoms with E-state index in [1.54, 1.807) is 12.1 Å². The lowest BCUT2D eigenvalue weighted by molar-refractivity contribution is -0.174. The quantitative estimate of drug-likeness (QED) is 0.287. The van der Waals surface area contributed by atoms with Crippen LogP contribution in [-0.2, 0) is 14.8 Å². The van der Waals surface area contributed by atoms with E-state index < -0.39 is 10.0 Å². The van der Waals surface area contributed by atoms with Gasteiger partial charge >= 0.3 is 0 Å². The van der Waals surface area contributed by atoms with E-state index in [9.17, 15) is 23.4 Å². The van der Waals surface area contributed by atoms with Crippen LogP contribution in [0.2, 0.25) is 0 Å². The highest BCUT2D eigenvalue weighted by Crippen LogP contribution is 2.68. The molecule has 5 N–H and O–H groups in total. The summed E-state index contributed by atoms with van der Waals surface area (Å²) in [5.74, 6) is 3.59. The summed E-state index contributed by atoms with van der Waals surface area (Å²) < 4.78 is 28.4. The van der Waals surface area contributed by atoms with Gasteiger partial charge in [0.2, 0.25) is 15.9 Å². The van der Waals surface area contributed by atoms with E-state index in [-0.39, 0.29) is 33.8 Å². The summed E-state index contributed by atoms with van der Waals surface area (Å²) in [7, 11) is -3.72. The number of amides is 1. The van der Waals surface area contributed by atoms with Crippen LogP contribution in [-0.4, -0.2) is 49.9 Å². The number of primary sulfonamides is 1. The molecule has 5 rings (SSSR count). The minimum Gasteiger partial charge on any atom is -0.494 e. The van der Waals surface area contributed by atoms with Crippen molar-refractivity contribution in [1.29, 1.82) is 0 Å². The predicted octanol–water partition coefficient (Wildman–Crippen LogP) is 4.63. The molecule has 10 atom stereocenters. The normalized spacial score (nSPS) is 38.6. The Kier molecular flexibility index (Phi) is 9.35. The monoisotopic (exact) mass is 604 g/mol. The van der Waals surface area contributed by atoms with Crippen molar-refractivity contribution in [2.45, 2.75) is 109 Å². The fourth-order valence-electron chi connectivity index (χ4n) is 10.0. The molecule has 1 aromatic rings. The third-order valence-corrected chi connectivity index (χ3v) is 13.2. The Hall–Kier alpha value is -1.68. The number of ether oxygens (including phenoxy) is 1. The average Bonchev–Trinajstić information content (AvgIpc) is 3.29. The summed E-state index contributed by atoms with van der Waals surface area (Å²) >= 11 is 0. The number of rotatable bonds is 10. The molecule has 8 nitrogen and oxygen atoms in total. The van der Waals surface area contributed by atoms with Crippen molar-refractivity contribution in [3.05, 3.63) is 24.3 Å². The van der Waals surface area contributed by atoms with E-state index in [1.807, 2.05) is 0 Å². The largest absolute Gasteiger partial charge is 0.494 e.